The lowest BCUT2D eigenvalue weighted by atomic mass is 10.0. The molecule has 0 radical (unpaired) electrons. The minimum Gasteiger partial charge on any atom is -0.450 e. The van der Waals surface area contributed by atoms with Gasteiger partial charge in [-0.25, -0.2) is 4.79 Å². The van der Waals surface area contributed by atoms with Gasteiger partial charge in [0, 0.05) is 12.6 Å². The maximum Gasteiger partial charge on any atom is 0.407 e. The van der Waals surface area contributed by atoms with Crippen LogP contribution in [0, 0.1) is 12.8 Å². The van der Waals surface area contributed by atoms with E-state index in [1.165, 1.54) is 0 Å². The van der Waals surface area contributed by atoms with E-state index in [2.05, 4.69) is 24.5 Å². The molecule has 0 saturated heterocycles. The molecular weight excluding hydrogens is 292 g/mol. The fourth-order valence-electron chi connectivity index (χ4n) is 2.41. The fourth-order valence-corrected chi connectivity index (χ4v) is 2.41. The highest BCUT2D eigenvalue weighted by Crippen LogP contribution is 2.06. The van der Waals surface area contributed by atoms with Gasteiger partial charge in [-0.15, -0.1) is 0 Å². The van der Waals surface area contributed by atoms with Gasteiger partial charge >= 0.3 is 6.09 Å². The van der Waals surface area contributed by atoms with E-state index in [1.54, 1.807) is 6.92 Å². The Kier molecular flexibility index (Phi) is 8.16. The Morgan fingerprint density at radius 2 is 2.00 bits per heavy atom. The molecule has 2 N–H and O–H groups in total. The Morgan fingerprint density at radius 3 is 2.61 bits per heavy atom. The summed E-state index contributed by atoms with van der Waals surface area (Å²) in [5.74, 6) is 0.366. The molecule has 0 aliphatic rings. The molecule has 0 aliphatic heterocycles. The third-order valence-corrected chi connectivity index (χ3v) is 3.35. The Bertz CT molecular complexity index is 515. The second kappa shape index (κ2) is 9.87. The van der Waals surface area contributed by atoms with Crippen molar-refractivity contribution in [1.82, 2.24) is 10.6 Å². The molecule has 23 heavy (non-hydrogen) atoms. The molecule has 1 rings (SSSR count). The second-order valence-electron chi connectivity index (χ2n) is 6.16. The van der Waals surface area contributed by atoms with E-state index in [4.69, 9.17) is 4.74 Å². The molecule has 1 atom stereocenters. The normalized spacial score (nSPS) is 11.9. The van der Waals surface area contributed by atoms with Crippen molar-refractivity contribution in [3.63, 3.8) is 0 Å². The largest absolute Gasteiger partial charge is 0.450 e. The van der Waals surface area contributed by atoms with E-state index in [0.717, 1.165) is 17.5 Å². The van der Waals surface area contributed by atoms with Crippen molar-refractivity contribution in [2.45, 2.75) is 46.6 Å². The van der Waals surface area contributed by atoms with Crippen LogP contribution in [0.3, 0.4) is 0 Å². The highest BCUT2D eigenvalue weighted by atomic mass is 16.5. The van der Waals surface area contributed by atoms with Crippen LogP contribution in [0.15, 0.2) is 24.3 Å². The van der Waals surface area contributed by atoms with Crippen molar-refractivity contribution in [1.29, 1.82) is 0 Å². The van der Waals surface area contributed by atoms with E-state index < -0.39 is 6.09 Å². The second-order valence-corrected chi connectivity index (χ2v) is 6.16. The van der Waals surface area contributed by atoms with Gasteiger partial charge in [-0.05, 0) is 31.7 Å². The average Bonchev–Trinajstić information content (AvgIpc) is 2.44. The molecule has 0 aliphatic carbocycles. The number of nitrogens with one attached hydrogen (secondary N) is 2. The van der Waals surface area contributed by atoms with Crippen molar-refractivity contribution in [2.75, 3.05) is 13.2 Å². The van der Waals surface area contributed by atoms with E-state index in [0.29, 0.717) is 25.5 Å². The van der Waals surface area contributed by atoms with Crippen LogP contribution in [0.2, 0.25) is 0 Å². The molecule has 5 nitrogen and oxygen atoms in total. The zero-order valence-corrected chi connectivity index (χ0v) is 14.5. The predicted octanol–water partition coefficient (Wildman–Crippen LogP) is 2.81. The molecule has 0 heterocycles. The quantitative estimate of drug-likeness (QED) is 0.774. The monoisotopic (exact) mass is 320 g/mol. The zero-order valence-electron chi connectivity index (χ0n) is 14.5. The Balaban J connectivity index is 2.49. The summed E-state index contributed by atoms with van der Waals surface area (Å²) in [6, 6.07) is 7.76. The van der Waals surface area contributed by atoms with Crippen molar-refractivity contribution in [2.24, 2.45) is 5.92 Å². The lowest BCUT2D eigenvalue weighted by Crippen LogP contribution is -2.44. The first-order valence-electron chi connectivity index (χ1n) is 8.16. The van der Waals surface area contributed by atoms with Crippen LogP contribution in [-0.4, -0.2) is 31.2 Å². The molecule has 0 spiro atoms. The summed E-state index contributed by atoms with van der Waals surface area (Å²) in [4.78, 5) is 23.6. The molecule has 1 aromatic rings. The molecule has 0 bridgehead atoms. The van der Waals surface area contributed by atoms with Crippen molar-refractivity contribution < 1.29 is 14.3 Å². The minimum atomic E-state index is -0.439. The maximum atomic E-state index is 12.1. The molecule has 128 valence electrons. The van der Waals surface area contributed by atoms with Crippen molar-refractivity contribution >= 4 is 12.0 Å². The summed E-state index contributed by atoms with van der Waals surface area (Å²) >= 11 is 0. The highest BCUT2D eigenvalue weighted by molar-refractivity contribution is 5.78. The third kappa shape index (κ3) is 8.24. The topological polar surface area (TPSA) is 67.4 Å². The first-order valence-corrected chi connectivity index (χ1v) is 8.16. The first-order chi connectivity index (χ1) is 10.9. The minimum absolute atomic E-state index is 0.0463. The molecule has 1 unspecified atom stereocenters. The summed E-state index contributed by atoms with van der Waals surface area (Å²) in [6.07, 6.45) is 0.685. The van der Waals surface area contributed by atoms with Crippen LogP contribution in [0.4, 0.5) is 4.79 Å². The number of alkyl carbamates (subject to hydrolysis) is 1. The van der Waals surface area contributed by atoms with Crippen LogP contribution < -0.4 is 10.6 Å². The van der Waals surface area contributed by atoms with E-state index in [-0.39, 0.29) is 11.9 Å². The van der Waals surface area contributed by atoms with Crippen LogP contribution in [-0.2, 0) is 16.0 Å². The predicted molar refractivity (Wildman–Crippen MR) is 91.3 cm³/mol. The number of ether oxygens (including phenoxy) is 1. The van der Waals surface area contributed by atoms with Gasteiger partial charge in [-0.2, -0.15) is 0 Å². The molecule has 0 aromatic heterocycles. The number of benzene rings is 1. The number of rotatable bonds is 8. The number of carbonyl (C=O) groups is 2. The SMILES string of the molecule is CCOC(=O)NC(CNC(=O)Cc1cccc(C)c1)CC(C)C. The lowest BCUT2D eigenvalue weighted by molar-refractivity contribution is -0.120. The van der Waals surface area contributed by atoms with Crippen molar-refractivity contribution in [3.8, 4) is 0 Å². The standard InChI is InChI=1S/C18H28N2O3/c1-5-23-18(22)20-16(9-13(2)3)12-19-17(21)11-15-8-6-7-14(4)10-15/h6-8,10,13,16H,5,9,11-12H2,1-4H3,(H,19,21)(H,20,22). The Morgan fingerprint density at radius 1 is 1.26 bits per heavy atom. The molecule has 0 saturated carbocycles. The summed E-state index contributed by atoms with van der Waals surface area (Å²) in [7, 11) is 0. The Hall–Kier alpha value is -2.04. The molecule has 0 fully saturated rings. The lowest BCUT2D eigenvalue weighted by Gasteiger charge is -2.20. The number of amides is 2. The van der Waals surface area contributed by atoms with Crippen LogP contribution in [0.1, 0.15) is 38.3 Å². The number of hydrogen-bond acceptors (Lipinski definition) is 3. The van der Waals surface area contributed by atoms with E-state index in [9.17, 15) is 9.59 Å². The fraction of sp³-hybridized carbons (Fsp3) is 0.556. The number of hydrogen-bond donors (Lipinski definition) is 2. The van der Waals surface area contributed by atoms with Gasteiger partial charge in [0.1, 0.15) is 0 Å². The van der Waals surface area contributed by atoms with Gasteiger partial charge in [-0.3, -0.25) is 4.79 Å². The van der Waals surface area contributed by atoms with E-state index >= 15 is 0 Å². The molecule has 1 aromatic carbocycles. The van der Waals surface area contributed by atoms with Gasteiger partial charge in [0.15, 0.2) is 0 Å². The van der Waals surface area contributed by atoms with Gasteiger partial charge < -0.3 is 15.4 Å². The van der Waals surface area contributed by atoms with Gasteiger partial charge in [-0.1, -0.05) is 43.7 Å². The van der Waals surface area contributed by atoms with Gasteiger partial charge in [0.25, 0.3) is 0 Å². The summed E-state index contributed by atoms with van der Waals surface area (Å²) < 4.78 is 4.91. The summed E-state index contributed by atoms with van der Waals surface area (Å²) in [6.45, 7) is 8.66. The van der Waals surface area contributed by atoms with Gasteiger partial charge in [0.2, 0.25) is 5.91 Å². The smallest absolute Gasteiger partial charge is 0.407 e. The van der Waals surface area contributed by atoms with Crippen LogP contribution >= 0.6 is 0 Å². The molecular formula is C18H28N2O3. The Labute approximate surface area is 138 Å². The van der Waals surface area contributed by atoms with E-state index in [1.807, 2.05) is 31.2 Å². The summed E-state index contributed by atoms with van der Waals surface area (Å²) in [5.41, 5.74) is 2.12. The average molecular weight is 320 g/mol. The zero-order chi connectivity index (χ0) is 17.2. The molecule has 5 heteroatoms. The number of carbonyl (C=O) groups excluding carboxylic acids is 2. The van der Waals surface area contributed by atoms with Crippen molar-refractivity contribution in [3.05, 3.63) is 35.4 Å². The van der Waals surface area contributed by atoms with Gasteiger partial charge in [0.05, 0.1) is 13.0 Å². The maximum absolute atomic E-state index is 12.1. The third-order valence-electron chi connectivity index (χ3n) is 3.35. The van der Waals surface area contributed by atoms with Crippen LogP contribution in [0.25, 0.3) is 0 Å². The highest BCUT2D eigenvalue weighted by Gasteiger charge is 2.16. The summed E-state index contributed by atoms with van der Waals surface area (Å²) in [5, 5.41) is 5.70. The first kappa shape index (κ1) is 19.0. The number of aryl methyl sites for hydroxylation is 1. The van der Waals surface area contributed by atoms with Crippen LogP contribution in [0.5, 0.6) is 0 Å². The molecule has 2 amide bonds.